The predicted molar refractivity (Wildman–Crippen MR) is 71.6 cm³/mol. The Hall–Kier alpha value is -0.950. The van der Waals surface area contributed by atoms with Crippen LogP contribution in [0.4, 0.5) is 0 Å². The van der Waals surface area contributed by atoms with Gasteiger partial charge in [0.25, 0.3) is 10.2 Å². The van der Waals surface area contributed by atoms with E-state index in [-0.39, 0.29) is 12.5 Å². The molecule has 0 unspecified atom stereocenters. The standard InChI is InChI=1S/C13H18N2O3S/c16-10-11-7-15(8-11)19(17,18)14-6-5-12-3-1-2-4-13(12)9-14/h1-4,11,16H,5-10H2. The Kier molecular flexibility index (Phi) is 3.34. The molecule has 0 spiro atoms. The highest BCUT2D eigenvalue weighted by Gasteiger charge is 2.39. The van der Waals surface area contributed by atoms with Crippen molar-refractivity contribution >= 4 is 10.2 Å². The number of rotatable bonds is 3. The molecule has 5 nitrogen and oxygen atoms in total. The summed E-state index contributed by atoms with van der Waals surface area (Å²) >= 11 is 0. The summed E-state index contributed by atoms with van der Waals surface area (Å²) in [4.78, 5) is 0. The maximum atomic E-state index is 12.4. The average molecular weight is 282 g/mol. The normalized spacial score (nSPS) is 21.9. The zero-order valence-electron chi connectivity index (χ0n) is 10.7. The van der Waals surface area contributed by atoms with Gasteiger partial charge in [-0.2, -0.15) is 17.0 Å². The van der Waals surface area contributed by atoms with Crippen LogP contribution in [0.3, 0.4) is 0 Å². The zero-order chi connectivity index (χ0) is 13.5. The first-order chi connectivity index (χ1) is 9.11. The molecule has 0 aromatic heterocycles. The maximum Gasteiger partial charge on any atom is 0.282 e. The third-order valence-corrected chi connectivity index (χ3v) is 5.85. The number of hydrogen-bond donors (Lipinski definition) is 1. The first-order valence-electron chi connectivity index (χ1n) is 6.54. The number of aliphatic hydroxyl groups is 1. The summed E-state index contributed by atoms with van der Waals surface area (Å²) in [7, 11) is -3.36. The van der Waals surface area contributed by atoms with E-state index in [1.807, 2.05) is 18.2 Å². The Labute approximate surface area is 113 Å². The van der Waals surface area contributed by atoms with Crippen molar-refractivity contribution in [2.24, 2.45) is 5.92 Å². The van der Waals surface area contributed by atoms with Crippen molar-refractivity contribution < 1.29 is 13.5 Å². The second kappa shape index (κ2) is 4.86. The SMILES string of the molecule is O=S(=O)(N1CCc2ccccc2C1)N1CC(CO)C1. The molecule has 0 saturated carbocycles. The Morgan fingerprint density at radius 3 is 2.53 bits per heavy atom. The van der Waals surface area contributed by atoms with Crippen LogP contribution in [-0.2, 0) is 23.2 Å². The molecule has 0 aliphatic carbocycles. The van der Waals surface area contributed by atoms with Gasteiger partial charge in [0.05, 0.1) is 0 Å². The Balaban J connectivity index is 1.74. The molecule has 104 valence electrons. The summed E-state index contributed by atoms with van der Waals surface area (Å²) in [5.74, 6) is 0.104. The number of benzene rings is 1. The molecule has 1 N–H and O–H groups in total. The van der Waals surface area contributed by atoms with Crippen molar-refractivity contribution in [3.63, 3.8) is 0 Å². The molecule has 2 aliphatic rings. The van der Waals surface area contributed by atoms with E-state index in [1.165, 1.54) is 9.87 Å². The van der Waals surface area contributed by atoms with Gasteiger partial charge in [-0.3, -0.25) is 0 Å². The second-order valence-electron chi connectivity index (χ2n) is 5.23. The number of hydrogen-bond acceptors (Lipinski definition) is 3. The van der Waals surface area contributed by atoms with Crippen LogP contribution in [0, 0.1) is 5.92 Å². The van der Waals surface area contributed by atoms with Crippen LogP contribution in [0.1, 0.15) is 11.1 Å². The lowest BCUT2D eigenvalue weighted by Crippen LogP contribution is -2.56. The van der Waals surface area contributed by atoms with Crippen molar-refractivity contribution in [3.8, 4) is 0 Å². The summed E-state index contributed by atoms with van der Waals surface area (Å²) in [6.45, 7) is 1.95. The average Bonchev–Trinajstić information content (AvgIpc) is 2.36. The molecule has 0 amide bonds. The molecule has 0 atom stereocenters. The van der Waals surface area contributed by atoms with E-state index in [0.717, 1.165) is 12.0 Å². The smallest absolute Gasteiger partial charge is 0.282 e. The fourth-order valence-electron chi connectivity index (χ4n) is 2.66. The van der Waals surface area contributed by atoms with Crippen molar-refractivity contribution in [2.45, 2.75) is 13.0 Å². The lowest BCUT2D eigenvalue weighted by Gasteiger charge is -2.41. The molecule has 19 heavy (non-hydrogen) atoms. The van der Waals surface area contributed by atoms with E-state index in [0.29, 0.717) is 26.2 Å². The number of aliphatic hydroxyl groups excluding tert-OH is 1. The van der Waals surface area contributed by atoms with Gasteiger partial charge in [-0.15, -0.1) is 0 Å². The van der Waals surface area contributed by atoms with Crippen molar-refractivity contribution in [2.75, 3.05) is 26.2 Å². The van der Waals surface area contributed by atoms with Gasteiger partial charge in [-0.05, 0) is 17.5 Å². The lowest BCUT2D eigenvalue weighted by atomic mass is 10.0. The van der Waals surface area contributed by atoms with Crippen LogP contribution in [0.2, 0.25) is 0 Å². The van der Waals surface area contributed by atoms with Gasteiger partial charge in [-0.1, -0.05) is 24.3 Å². The molecule has 1 aromatic carbocycles. The third-order valence-electron chi connectivity index (χ3n) is 3.93. The zero-order valence-corrected chi connectivity index (χ0v) is 11.5. The van der Waals surface area contributed by atoms with E-state index in [1.54, 1.807) is 4.31 Å². The van der Waals surface area contributed by atoms with E-state index in [2.05, 4.69) is 6.07 Å². The van der Waals surface area contributed by atoms with Crippen molar-refractivity contribution in [1.29, 1.82) is 0 Å². The minimum Gasteiger partial charge on any atom is -0.396 e. The van der Waals surface area contributed by atoms with E-state index in [4.69, 9.17) is 5.11 Å². The number of nitrogens with zero attached hydrogens (tertiary/aromatic N) is 2. The predicted octanol–water partition coefficient (Wildman–Crippen LogP) is 0.214. The lowest BCUT2D eigenvalue weighted by molar-refractivity contribution is 0.110. The molecule has 0 radical (unpaired) electrons. The highest BCUT2D eigenvalue weighted by molar-refractivity contribution is 7.86. The van der Waals surface area contributed by atoms with Crippen molar-refractivity contribution in [3.05, 3.63) is 35.4 Å². The van der Waals surface area contributed by atoms with Gasteiger partial charge in [0, 0.05) is 38.7 Å². The van der Waals surface area contributed by atoms with Gasteiger partial charge in [-0.25, -0.2) is 0 Å². The Morgan fingerprint density at radius 2 is 1.84 bits per heavy atom. The van der Waals surface area contributed by atoms with Crippen LogP contribution >= 0.6 is 0 Å². The Bertz CT molecular complexity index is 567. The van der Waals surface area contributed by atoms with Crippen LogP contribution in [0.15, 0.2) is 24.3 Å². The van der Waals surface area contributed by atoms with Crippen LogP contribution in [-0.4, -0.2) is 48.4 Å². The second-order valence-corrected chi connectivity index (χ2v) is 7.15. The summed E-state index contributed by atoms with van der Waals surface area (Å²) < 4.78 is 27.8. The molecular formula is C13H18N2O3S. The van der Waals surface area contributed by atoms with Gasteiger partial charge in [0.15, 0.2) is 0 Å². The monoisotopic (exact) mass is 282 g/mol. The molecule has 3 rings (SSSR count). The van der Waals surface area contributed by atoms with Gasteiger partial charge < -0.3 is 5.11 Å². The molecule has 6 heteroatoms. The fourth-order valence-corrected chi connectivity index (χ4v) is 4.41. The molecule has 0 bridgehead atoms. The maximum absolute atomic E-state index is 12.4. The van der Waals surface area contributed by atoms with Gasteiger partial charge >= 0.3 is 0 Å². The fraction of sp³-hybridized carbons (Fsp3) is 0.538. The first-order valence-corrected chi connectivity index (χ1v) is 7.94. The molecule has 2 aliphatic heterocycles. The highest BCUT2D eigenvalue weighted by Crippen LogP contribution is 2.26. The summed E-state index contributed by atoms with van der Waals surface area (Å²) in [5.41, 5.74) is 2.34. The largest absolute Gasteiger partial charge is 0.396 e. The van der Waals surface area contributed by atoms with Crippen LogP contribution < -0.4 is 0 Å². The summed E-state index contributed by atoms with van der Waals surface area (Å²) in [6, 6.07) is 7.99. The van der Waals surface area contributed by atoms with E-state index >= 15 is 0 Å². The summed E-state index contributed by atoms with van der Waals surface area (Å²) in [6.07, 6.45) is 0.771. The molecule has 1 aromatic rings. The molecule has 2 heterocycles. The minimum absolute atomic E-state index is 0.0643. The molecular weight excluding hydrogens is 264 g/mol. The van der Waals surface area contributed by atoms with E-state index in [9.17, 15) is 8.42 Å². The van der Waals surface area contributed by atoms with Crippen LogP contribution in [0.25, 0.3) is 0 Å². The Morgan fingerprint density at radius 1 is 1.16 bits per heavy atom. The van der Waals surface area contributed by atoms with E-state index < -0.39 is 10.2 Å². The molecule has 1 fully saturated rings. The topological polar surface area (TPSA) is 60.9 Å². The van der Waals surface area contributed by atoms with Gasteiger partial charge in [0.1, 0.15) is 0 Å². The van der Waals surface area contributed by atoms with Crippen molar-refractivity contribution in [1.82, 2.24) is 8.61 Å². The van der Waals surface area contributed by atoms with Gasteiger partial charge in [0.2, 0.25) is 0 Å². The minimum atomic E-state index is -3.36. The quantitative estimate of drug-likeness (QED) is 0.862. The first kappa shape index (κ1) is 13.1. The third kappa shape index (κ3) is 2.29. The number of fused-ring (bicyclic) bond motifs is 1. The molecule has 1 saturated heterocycles. The van der Waals surface area contributed by atoms with Crippen LogP contribution in [0.5, 0.6) is 0 Å². The highest BCUT2D eigenvalue weighted by atomic mass is 32.2. The summed E-state index contributed by atoms with van der Waals surface area (Å²) in [5, 5.41) is 8.97.